The Morgan fingerprint density at radius 3 is 2.65 bits per heavy atom. The Morgan fingerprint density at radius 2 is 1.96 bits per heavy atom. The molecule has 5 nitrogen and oxygen atoms in total. The van der Waals surface area contributed by atoms with Crippen LogP contribution < -0.4 is 15.5 Å². The molecule has 2 atom stereocenters. The van der Waals surface area contributed by atoms with Crippen LogP contribution in [-0.2, 0) is 16.0 Å². The Kier molecular flexibility index (Phi) is 7.36. The molecule has 1 aromatic carbocycles. The first-order chi connectivity index (χ1) is 12.4. The maximum atomic E-state index is 12.3. The van der Waals surface area contributed by atoms with Gasteiger partial charge in [0.25, 0.3) is 11.8 Å². The molecule has 0 fully saturated rings. The zero-order chi connectivity index (χ0) is 19.1. The van der Waals surface area contributed by atoms with Crippen LogP contribution in [0.2, 0.25) is 0 Å². The van der Waals surface area contributed by atoms with Crippen LogP contribution in [-0.4, -0.2) is 38.0 Å². The van der Waals surface area contributed by atoms with E-state index in [-0.39, 0.29) is 24.4 Å². The number of anilines is 1. The van der Waals surface area contributed by atoms with Gasteiger partial charge in [-0.15, -0.1) is 11.3 Å². The van der Waals surface area contributed by atoms with Gasteiger partial charge in [-0.25, -0.2) is 0 Å². The summed E-state index contributed by atoms with van der Waals surface area (Å²) in [5, 5.41) is 7.94. The molecule has 0 saturated carbocycles. The minimum atomic E-state index is -0.289. The molecule has 2 rings (SSSR count). The standard InChI is InChI=1S/C20H27N3O2S/c1-14-7-5-9-18(15(14)2)22-19(24)13-23(4)16(3)20(25)21-11-10-17-8-6-12-26-17/h5-9,12,16H,10-11,13H2,1-4H3,(H,21,25)(H,22,24)/p+1/t16-/m1/s1. The second-order valence-corrected chi connectivity index (χ2v) is 7.69. The highest BCUT2D eigenvalue weighted by Gasteiger charge is 2.23. The predicted molar refractivity (Wildman–Crippen MR) is 107 cm³/mol. The molecule has 2 amide bonds. The molecule has 6 heteroatoms. The average molecular weight is 375 g/mol. The van der Waals surface area contributed by atoms with Crippen LogP contribution >= 0.6 is 11.3 Å². The summed E-state index contributed by atoms with van der Waals surface area (Å²) in [5.74, 6) is -0.118. The molecule has 0 aliphatic rings. The van der Waals surface area contributed by atoms with Gasteiger partial charge in [0.1, 0.15) is 0 Å². The zero-order valence-electron chi connectivity index (χ0n) is 15.9. The van der Waals surface area contributed by atoms with Crippen molar-refractivity contribution in [3.63, 3.8) is 0 Å². The van der Waals surface area contributed by atoms with Gasteiger partial charge in [-0.3, -0.25) is 9.59 Å². The van der Waals surface area contributed by atoms with Gasteiger partial charge in [-0.1, -0.05) is 18.2 Å². The largest absolute Gasteiger partial charge is 0.351 e. The van der Waals surface area contributed by atoms with Gasteiger partial charge in [0.2, 0.25) is 0 Å². The number of hydrogen-bond acceptors (Lipinski definition) is 3. The molecule has 1 heterocycles. The first kappa shape index (κ1) is 20.1. The lowest BCUT2D eigenvalue weighted by molar-refractivity contribution is -0.885. The van der Waals surface area contributed by atoms with E-state index in [9.17, 15) is 9.59 Å². The van der Waals surface area contributed by atoms with E-state index >= 15 is 0 Å². The summed E-state index contributed by atoms with van der Waals surface area (Å²) in [6.45, 7) is 6.72. The van der Waals surface area contributed by atoms with Crippen LogP contribution in [0.25, 0.3) is 0 Å². The highest BCUT2D eigenvalue weighted by atomic mass is 32.1. The van der Waals surface area contributed by atoms with E-state index in [1.807, 2.05) is 57.5 Å². The SMILES string of the molecule is Cc1cccc(NC(=O)C[NH+](C)[C@H](C)C(=O)NCCc2cccs2)c1C. The van der Waals surface area contributed by atoms with E-state index in [0.29, 0.717) is 6.54 Å². The van der Waals surface area contributed by atoms with Crippen molar-refractivity contribution in [3.05, 3.63) is 51.7 Å². The van der Waals surface area contributed by atoms with Gasteiger partial charge in [-0.2, -0.15) is 0 Å². The monoisotopic (exact) mass is 374 g/mol. The van der Waals surface area contributed by atoms with Crippen molar-refractivity contribution >= 4 is 28.8 Å². The molecule has 140 valence electrons. The molecule has 3 N–H and O–H groups in total. The van der Waals surface area contributed by atoms with Gasteiger partial charge in [0.15, 0.2) is 12.6 Å². The molecule has 26 heavy (non-hydrogen) atoms. The summed E-state index contributed by atoms with van der Waals surface area (Å²) in [6, 6.07) is 9.63. The fraction of sp³-hybridized carbons (Fsp3) is 0.400. The number of carbonyl (C=O) groups excluding carboxylic acids is 2. The Morgan fingerprint density at radius 1 is 1.19 bits per heavy atom. The van der Waals surface area contributed by atoms with Crippen molar-refractivity contribution in [2.45, 2.75) is 33.2 Å². The third-order valence-electron chi connectivity index (χ3n) is 4.70. The highest BCUT2D eigenvalue weighted by molar-refractivity contribution is 7.09. The fourth-order valence-electron chi connectivity index (χ4n) is 2.63. The topological polar surface area (TPSA) is 62.6 Å². The van der Waals surface area contributed by atoms with E-state index in [0.717, 1.165) is 28.1 Å². The Hall–Kier alpha value is -2.18. The third kappa shape index (κ3) is 5.68. The van der Waals surface area contributed by atoms with E-state index in [4.69, 9.17) is 0 Å². The number of amides is 2. The van der Waals surface area contributed by atoms with Gasteiger partial charge in [0.05, 0.1) is 7.05 Å². The van der Waals surface area contributed by atoms with Crippen molar-refractivity contribution in [1.82, 2.24) is 5.32 Å². The van der Waals surface area contributed by atoms with Crippen LogP contribution in [0.1, 0.15) is 22.9 Å². The number of quaternary nitrogens is 1. The number of aryl methyl sites for hydroxylation is 1. The summed E-state index contributed by atoms with van der Waals surface area (Å²) in [6.07, 6.45) is 0.836. The summed E-state index contributed by atoms with van der Waals surface area (Å²) in [7, 11) is 1.87. The summed E-state index contributed by atoms with van der Waals surface area (Å²) in [4.78, 5) is 26.7. The van der Waals surface area contributed by atoms with Crippen molar-refractivity contribution < 1.29 is 14.5 Å². The minimum Gasteiger partial charge on any atom is -0.351 e. The Balaban J connectivity index is 1.79. The summed E-state index contributed by atoms with van der Waals surface area (Å²) < 4.78 is 0. The van der Waals surface area contributed by atoms with Crippen LogP contribution in [0.3, 0.4) is 0 Å². The Bertz CT molecular complexity index is 744. The van der Waals surface area contributed by atoms with Crippen LogP contribution in [0.5, 0.6) is 0 Å². The van der Waals surface area contributed by atoms with E-state index in [1.165, 1.54) is 4.88 Å². The quantitative estimate of drug-likeness (QED) is 0.657. The molecule has 0 saturated heterocycles. The molecule has 2 aromatic rings. The number of benzene rings is 1. The summed E-state index contributed by atoms with van der Waals surface area (Å²) in [5.41, 5.74) is 3.04. The van der Waals surface area contributed by atoms with Crippen LogP contribution in [0.4, 0.5) is 5.69 Å². The molecule has 0 radical (unpaired) electrons. The second-order valence-electron chi connectivity index (χ2n) is 6.66. The molecule has 0 aliphatic heterocycles. The molecule has 0 bridgehead atoms. The maximum absolute atomic E-state index is 12.3. The highest BCUT2D eigenvalue weighted by Crippen LogP contribution is 2.17. The average Bonchev–Trinajstić information content (AvgIpc) is 3.11. The number of hydrogen-bond donors (Lipinski definition) is 3. The van der Waals surface area contributed by atoms with Crippen molar-refractivity contribution in [2.75, 3.05) is 25.5 Å². The lowest BCUT2D eigenvalue weighted by atomic mass is 10.1. The number of likely N-dealkylation sites (N-methyl/N-ethyl adjacent to an activating group) is 1. The van der Waals surface area contributed by atoms with Gasteiger partial charge in [-0.05, 0) is 55.8 Å². The predicted octanol–water partition coefficient (Wildman–Crippen LogP) is 1.57. The smallest absolute Gasteiger partial charge is 0.279 e. The normalized spacial score (nSPS) is 13.1. The van der Waals surface area contributed by atoms with Crippen molar-refractivity contribution in [1.29, 1.82) is 0 Å². The lowest BCUT2D eigenvalue weighted by Crippen LogP contribution is -3.15. The van der Waals surface area contributed by atoms with Crippen LogP contribution in [0.15, 0.2) is 35.7 Å². The fourth-order valence-corrected chi connectivity index (χ4v) is 3.34. The third-order valence-corrected chi connectivity index (χ3v) is 5.64. The maximum Gasteiger partial charge on any atom is 0.279 e. The van der Waals surface area contributed by atoms with Crippen molar-refractivity contribution in [2.24, 2.45) is 0 Å². The van der Waals surface area contributed by atoms with E-state index in [1.54, 1.807) is 11.3 Å². The van der Waals surface area contributed by atoms with Crippen molar-refractivity contribution in [3.8, 4) is 0 Å². The molecule has 0 aliphatic carbocycles. The molecular formula is C20H28N3O2S+. The van der Waals surface area contributed by atoms with Gasteiger partial charge < -0.3 is 15.5 Å². The number of nitrogens with one attached hydrogen (secondary N) is 3. The number of carbonyl (C=O) groups is 2. The number of thiophene rings is 1. The molecular weight excluding hydrogens is 346 g/mol. The summed E-state index contributed by atoms with van der Waals surface area (Å²) >= 11 is 1.69. The van der Waals surface area contributed by atoms with E-state index in [2.05, 4.69) is 16.7 Å². The van der Waals surface area contributed by atoms with Gasteiger partial charge >= 0.3 is 0 Å². The zero-order valence-corrected chi connectivity index (χ0v) is 16.7. The Labute approximate surface area is 159 Å². The second kappa shape index (κ2) is 9.50. The first-order valence-electron chi connectivity index (χ1n) is 8.87. The molecule has 1 aromatic heterocycles. The van der Waals surface area contributed by atoms with Gasteiger partial charge in [0, 0.05) is 17.1 Å². The van der Waals surface area contributed by atoms with Crippen LogP contribution in [0, 0.1) is 13.8 Å². The molecule has 0 spiro atoms. The lowest BCUT2D eigenvalue weighted by Gasteiger charge is -2.21. The van der Waals surface area contributed by atoms with E-state index < -0.39 is 0 Å². The first-order valence-corrected chi connectivity index (χ1v) is 9.75. The minimum absolute atomic E-state index is 0.0291. The number of rotatable bonds is 8. The molecule has 1 unspecified atom stereocenters.